The quantitative estimate of drug-likeness (QED) is 0.387. The molecule has 3 amide bonds. The Morgan fingerprint density at radius 1 is 1.25 bits per heavy atom. The van der Waals surface area contributed by atoms with Crippen LogP contribution in [0.4, 0.5) is 10.5 Å². The van der Waals surface area contributed by atoms with Gasteiger partial charge in [-0.3, -0.25) is 20.2 Å². The summed E-state index contributed by atoms with van der Waals surface area (Å²) in [6.45, 7) is -0.119. The summed E-state index contributed by atoms with van der Waals surface area (Å²) in [5, 5.41) is 17.6. The molecule has 0 atom stereocenters. The lowest BCUT2D eigenvalue weighted by Crippen LogP contribution is -2.24. The van der Waals surface area contributed by atoms with Gasteiger partial charge in [0.05, 0.1) is 11.1 Å². The van der Waals surface area contributed by atoms with E-state index in [0.29, 0.717) is 17.9 Å². The highest BCUT2D eigenvalue weighted by Crippen LogP contribution is 2.16. The van der Waals surface area contributed by atoms with E-state index in [4.69, 9.17) is 4.42 Å². The van der Waals surface area contributed by atoms with Gasteiger partial charge in [-0.25, -0.2) is 9.80 Å². The van der Waals surface area contributed by atoms with Gasteiger partial charge in [0.1, 0.15) is 18.1 Å². The first-order valence-electron chi connectivity index (χ1n) is 6.98. The number of amides is 3. The second-order valence-electron chi connectivity index (χ2n) is 5.06. The van der Waals surface area contributed by atoms with Crippen molar-refractivity contribution in [3.8, 4) is 0 Å². The summed E-state index contributed by atoms with van der Waals surface area (Å²) in [5.41, 5.74) is 0.896. The van der Waals surface area contributed by atoms with Crippen LogP contribution in [0.15, 0.2) is 45.9 Å². The molecule has 0 unspecified atom stereocenters. The van der Waals surface area contributed by atoms with E-state index in [1.165, 1.54) is 18.3 Å². The van der Waals surface area contributed by atoms with Crippen molar-refractivity contribution >= 4 is 23.8 Å². The Bertz CT molecular complexity index is 825. The molecule has 9 nitrogen and oxygen atoms in total. The largest absolute Gasteiger partial charge is 0.460 e. The number of nitro groups is 1. The third-order valence-electron chi connectivity index (χ3n) is 3.31. The van der Waals surface area contributed by atoms with E-state index in [9.17, 15) is 19.7 Å². The Kier molecular flexibility index (Phi) is 4.06. The van der Waals surface area contributed by atoms with Crippen LogP contribution < -0.4 is 5.32 Å². The van der Waals surface area contributed by atoms with E-state index in [1.807, 2.05) is 0 Å². The van der Waals surface area contributed by atoms with Crippen LogP contribution in [-0.2, 0) is 11.2 Å². The maximum atomic E-state index is 11.3. The SMILES string of the molecule is O=C1CN(N=Cc2ccc(Cc3ccc([N+](=O)[O-])cc3)o2)C(=O)N1. The van der Waals surface area contributed by atoms with E-state index in [0.717, 1.165) is 10.6 Å². The molecular weight excluding hydrogens is 316 g/mol. The van der Waals surface area contributed by atoms with E-state index in [1.54, 1.807) is 24.3 Å². The molecule has 1 aromatic carbocycles. The van der Waals surface area contributed by atoms with Gasteiger partial charge in [-0.15, -0.1) is 0 Å². The molecule has 2 heterocycles. The highest BCUT2D eigenvalue weighted by Gasteiger charge is 2.25. The lowest BCUT2D eigenvalue weighted by atomic mass is 10.1. The summed E-state index contributed by atoms with van der Waals surface area (Å²) in [6.07, 6.45) is 1.81. The molecule has 0 aliphatic carbocycles. The molecule has 1 aromatic heterocycles. The van der Waals surface area contributed by atoms with E-state index < -0.39 is 16.9 Å². The highest BCUT2D eigenvalue weighted by molar-refractivity contribution is 6.02. The summed E-state index contributed by atoms with van der Waals surface area (Å²) >= 11 is 0. The third kappa shape index (κ3) is 3.46. The zero-order chi connectivity index (χ0) is 17.1. The number of urea groups is 1. The first-order valence-corrected chi connectivity index (χ1v) is 6.98. The van der Waals surface area contributed by atoms with Crippen LogP contribution in [-0.4, -0.2) is 34.6 Å². The molecule has 1 saturated heterocycles. The number of nitro benzene ring substituents is 1. The summed E-state index contributed by atoms with van der Waals surface area (Å²) < 4.78 is 5.56. The van der Waals surface area contributed by atoms with Gasteiger partial charge in [-0.1, -0.05) is 12.1 Å². The van der Waals surface area contributed by atoms with Gasteiger partial charge in [0.25, 0.3) is 5.69 Å². The molecule has 0 spiro atoms. The second-order valence-corrected chi connectivity index (χ2v) is 5.06. The summed E-state index contributed by atoms with van der Waals surface area (Å²) in [5.74, 6) is 0.668. The number of carbonyl (C=O) groups is 2. The molecule has 1 N–H and O–H groups in total. The minimum absolute atomic E-state index is 0.0319. The molecule has 2 aromatic rings. The van der Waals surface area contributed by atoms with Crippen molar-refractivity contribution in [2.24, 2.45) is 5.10 Å². The average Bonchev–Trinajstić information content (AvgIpc) is 3.11. The molecule has 122 valence electrons. The average molecular weight is 328 g/mol. The molecule has 1 aliphatic heterocycles. The number of hydrazone groups is 1. The second kappa shape index (κ2) is 6.32. The molecule has 1 fully saturated rings. The predicted octanol–water partition coefficient (Wildman–Crippen LogP) is 1.66. The standard InChI is InChI=1S/C15H12N4O5/c20-14-9-18(15(21)17-14)16-8-13-6-5-12(24-13)7-10-1-3-11(4-2-10)19(22)23/h1-6,8H,7,9H2,(H,17,20,21). The number of nitrogens with zero attached hydrogens (tertiary/aromatic N) is 3. The van der Waals surface area contributed by atoms with Crippen LogP contribution in [0.2, 0.25) is 0 Å². The Balaban J connectivity index is 1.64. The number of carbonyl (C=O) groups excluding carboxylic acids is 2. The fraction of sp³-hybridized carbons (Fsp3) is 0.133. The molecule has 24 heavy (non-hydrogen) atoms. The van der Waals surface area contributed by atoms with E-state index in [-0.39, 0.29) is 12.2 Å². The Morgan fingerprint density at radius 3 is 2.62 bits per heavy atom. The fourth-order valence-electron chi connectivity index (χ4n) is 2.15. The number of furan rings is 1. The van der Waals surface area contributed by atoms with Crippen molar-refractivity contribution in [2.45, 2.75) is 6.42 Å². The van der Waals surface area contributed by atoms with Crippen LogP contribution in [0, 0.1) is 10.1 Å². The molecule has 0 bridgehead atoms. The van der Waals surface area contributed by atoms with Crippen molar-refractivity contribution in [1.82, 2.24) is 10.3 Å². The molecule has 1 aliphatic rings. The fourth-order valence-corrected chi connectivity index (χ4v) is 2.15. The van der Waals surface area contributed by atoms with Gasteiger partial charge in [0, 0.05) is 18.6 Å². The zero-order valence-electron chi connectivity index (χ0n) is 12.3. The molecule has 0 radical (unpaired) electrons. The van der Waals surface area contributed by atoms with E-state index >= 15 is 0 Å². The summed E-state index contributed by atoms with van der Waals surface area (Å²) in [6, 6.07) is 9.04. The first kappa shape index (κ1) is 15.4. The zero-order valence-corrected chi connectivity index (χ0v) is 12.3. The van der Waals surface area contributed by atoms with Crippen LogP contribution in [0.1, 0.15) is 17.1 Å². The maximum absolute atomic E-state index is 11.3. The van der Waals surface area contributed by atoms with Crippen molar-refractivity contribution in [3.05, 3.63) is 63.6 Å². The van der Waals surface area contributed by atoms with Gasteiger partial charge >= 0.3 is 6.03 Å². The van der Waals surface area contributed by atoms with Gasteiger partial charge in [0.2, 0.25) is 5.91 Å². The van der Waals surface area contributed by atoms with Gasteiger partial charge in [0.15, 0.2) is 0 Å². The van der Waals surface area contributed by atoms with Crippen LogP contribution >= 0.6 is 0 Å². The summed E-state index contributed by atoms with van der Waals surface area (Å²) in [4.78, 5) is 32.5. The molecular formula is C15H12N4O5. The minimum Gasteiger partial charge on any atom is -0.460 e. The number of hydrogen-bond acceptors (Lipinski definition) is 6. The summed E-state index contributed by atoms with van der Waals surface area (Å²) in [7, 11) is 0. The Hall–Kier alpha value is -3.49. The highest BCUT2D eigenvalue weighted by atomic mass is 16.6. The lowest BCUT2D eigenvalue weighted by molar-refractivity contribution is -0.384. The van der Waals surface area contributed by atoms with Gasteiger partial charge in [-0.05, 0) is 17.7 Å². The Labute approximate surface area is 135 Å². The van der Waals surface area contributed by atoms with Crippen molar-refractivity contribution in [2.75, 3.05) is 6.54 Å². The first-order chi connectivity index (χ1) is 11.5. The number of benzene rings is 1. The van der Waals surface area contributed by atoms with Crippen molar-refractivity contribution in [1.29, 1.82) is 0 Å². The topological polar surface area (TPSA) is 118 Å². The Morgan fingerprint density at radius 2 is 2.00 bits per heavy atom. The monoisotopic (exact) mass is 328 g/mol. The van der Waals surface area contributed by atoms with Crippen LogP contribution in [0.25, 0.3) is 0 Å². The normalized spacial score (nSPS) is 14.4. The number of nitrogens with one attached hydrogen (secondary N) is 1. The van der Waals surface area contributed by atoms with Crippen molar-refractivity contribution < 1.29 is 18.9 Å². The van der Waals surface area contributed by atoms with Crippen LogP contribution in [0.3, 0.4) is 0 Å². The van der Waals surface area contributed by atoms with Crippen molar-refractivity contribution in [3.63, 3.8) is 0 Å². The molecule has 9 heteroatoms. The predicted molar refractivity (Wildman–Crippen MR) is 82.4 cm³/mol. The minimum atomic E-state index is -0.575. The molecule has 0 saturated carbocycles. The number of hydrogen-bond donors (Lipinski definition) is 1. The van der Waals surface area contributed by atoms with Crippen LogP contribution in [0.5, 0.6) is 0 Å². The van der Waals surface area contributed by atoms with Gasteiger partial charge < -0.3 is 4.42 Å². The van der Waals surface area contributed by atoms with Gasteiger partial charge in [-0.2, -0.15) is 5.10 Å². The lowest BCUT2D eigenvalue weighted by Gasteiger charge is -2.02. The smallest absolute Gasteiger partial charge is 0.344 e. The number of non-ortho nitro benzene ring substituents is 1. The van der Waals surface area contributed by atoms with E-state index in [2.05, 4.69) is 10.4 Å². The number of imide groups is 1. The molecule has 3 rings (SSSR count). The maximum Gasteiger partial charge on any atom is 0.344 e. The number of rotatable bonds is 5. The third-order valence-corrected chi connectivity index (χ3v) is 3.31.